The van der Waals surface area contributed by atoms with E-state index in [0.717, 1.165) is 6.54 Å². The fourth-order valence-electron chi connectivity index (χ4n) is 2.11. The van der Waals surface area contributed by atoms with Crippen molar-refractivity contribution in [1.82, 2.24) is 4.90 Å². The van der Waals surface area contributed by atoms with Crippen LogP contribution in [0.25, 0.3) is 0 Å². The van der Waals surface area contributed by atoms with E-state index >= 15 is 0 Å². The molecule has 0 radical (unpaired) electrons. The van der Waals surface area contributed by atoms with E-state index in [-0.39, 0.29) is 18.7 Å². The molecule has 5 heteroatoms. The van der Waals surface area contributed by atoms with Gasteiger partial charge in [0.2, 0.25) is 0 Å². The van der Waals surface area contributed by atoms with Crippen molar-refractivity contribution in [2.75, 3.05) is 39.6 Å². The molecular weight excluding hydrogens is 186 g/mol. The van der Waals surface area contributed by atoms with Gasteiger partial charge in [-0.2, -0.15) is 0 Å². The van der Waals surface area contributed by atoms with Crippen molar-refractivity contribution in [2.45, 2.75) is 18.2 Å². The first-order chi connectivity index (χ1) is 6.83. The summed E-state index contributed by atoms with van der Waals surface area (Å²) in [6.45, 7) is 3.00. The first-order valence-corrected chi connectivity index (χ1v) is 5.03. The van der Waals surface area contributed by atoms with Gasteiger partial charge in [-0.15, -0.1) is 0 Å². The highest BCUT2D eigenvalue weighted by atomic mass is 16.5. The number of aliphatic hydroxyl groups is 2. The van der Waals surface area contributed by atoms with Gasteiger partial charge in [0.15, 0.2) is 0 Å². The number of hydrogen-bond donors (Lipinski definition) is 2. The third-order valence-electron chi connectivity index (χ3n) is 2.93. The van der Waals surface area contributed by atoms with Gasteiger partial charge < -0.3 is 19.7 Å². The molecule has 0 aromatic carbocycles. The Hall–Kier alpha value is -0.200. The van der Waals surface area contributed by atoms with Crippen molar-refractivity contribution >= 4 is 0 Å². The van der Waals surface area contributed by atoms with Crippen molar-refractivity contribution in [1.29, 1.82) is 0 Å². The number of nitrogens with zero attached hydrogens (tertiary/aromatic N) is 1. The Labute approximate surface area is 83.2 Å². The fourth-order valence-corrected chi connectivity index (χ4v) is 2.11. The number of rotatable bonds is 2. The van der Waals surface area contributed by atoms with E-state index in [4.69, 9.17) is 14.6 Å². The molecule has 0 aromatic rings. The number of ether oxygens (including phenoxy) is 2. The van der Waals surface area contributed by atoms with Crippen LogP contribution in [-0.4, -0.2) is 72.9 Å². The van der Waals surface area contributed by atoms with Gasteiger partial charge in [0.1, 0.15) is 0 Å². The van der Waals surface area contributed by atoms with E-state index in [1.54, 1.807) is 0 Å². The molecular formula is C9H17NO4. The molecule has 2 aliphatic rings. The molecule has 3 atom stereocenters. The molecule has 2 aliphatic heterocycles. The highest BCUT2D eigenvalue weighted by Gasteiger charge is 2.36. The molecule has 0 amide bonds. The molecule has 2 heterocycles. The summed E-state index contributed by atoms with van der Waals surface area (Å²) in [6.07, 6.45) is -0.429. The van der Waals surface area contributed by atoms with E-state index in [1.165, 1.54) is 0 Å². The summed E-state index contributed by atoms with van der Waals surface area (Å²) >= 11 is 0. The fraction of sp³-hybridized carbons (Fsp3) is 1.00. The molecule has 2 saturated heterocycles. The van der Waals surface area contributed by atoms with Crippen LogP contribution in [-0.2, 0) is 9.47 Å². The molecule has 2 N–H and O–H groups in total. The maximum atomic E-state index is 9.67. The van der Waals surface area contributed by atoms with Crippen molar-refractivity contribution in [3.05, 3.63) is 0 Å². The molecule has 0 spiro atoms. The standard InChI is InChI=1S/C9H17NO4/c11-3-7-4-13-2-1-10(7)8-5-14-6-9(8)12/h7-9,11-12H,1-6H2. The zero-order valence-electron chi connectivity index (χ0n) is 8.13. The zero-order chi connectivity index (χ0) is 9.97. The molecule has 0 aromatic heterocycles. The second-order valence-electron chi connectivity index (χ2n) is 3.82. The van der Waals surface area contributed by atoms with Crippen LogP contribution in [0.5, 0.6) is 0 Å². The van der Waals surface area contributed by atoms with Crippen molar-refractivity contribution in [2.24, 2.45) is 0 Å². The SMILES string of the molecule is OCC1COCCN1C1COCC1O. The number of hydrogen-bond acceptors (Lipinski definition) is 5. The van der Waals surface area contributed by atoms with E-state index in [2.05, 4.69) is 4.90 Å². The summed E-state index contributed by atoms with van der Waals surface area (Å²) in [7, 11) is 0. The van der Waals surface area contributed by atoms with Crippen LogP contribution in [0.3, 0.4) is 0 Å². The third-order valence-corrected chi connectivity index (χ3v) is 2.93. The maximum absolute atomic E-state index is 9.67. The Balaban J connectivity index is 1.99. The Bertz CT molecular complexity index is 190. The van der Waals surface area contributed by atoms with Gasteiger partial charge in [-0.25, -0.2) is 0 Å². The van der Waals surface area contributed by atoms with Crippen LogP contribution >= 0.6 is 0 Å². The minimum atomic E-state index is -0.429. The average Bonchev–Trinajstić information content (AvgIpc) is 2.64. The van der Waals surface area contributed by atoms with Crippen LogP contribution in [0.1, 0.15) is 0 Å². The van der Waals surface area contributed by atoms with Gasteiger partial charge in [-0.3, -0.25) is 4.90 Å². The van der Waals surface area contributed by atoms with Crippen molar-refractivity contribution in [3.8, 4) is 0 Å². The van der Waals surface area contributed by atoms with Crippen LogP contribution < -0.4 is 0 Å². The first-order valence-electron chi connectivity index (χ1n) is 5.03. The lowest BCUT2D eigenvalue weighted by Gasteiger charge is -2.39. The summed E-state index contributed by atoms with van der Waals surface area (Å²) in [5.41, 5.74) is 0. The van der Waals surface area contributed by atoms with E-state index in [1.807, 2.05) is 0 Å². The molecule has 14 heavy (non-hydrogen) atoms. The van der Waals surface area contributed by atoms with Crippen LogP contribution in [0, 0.1) is 0 Å². The monoisotopic (exact) mass is 203 g/mol. The molecule has 5 nitrogen and oxygen atoms in total. The maximum Gasteiger partial charge on any atom is 0.0950 e. The van der Waals surface area contributed by atoms with Crippen LogP contribution in [0.4, 0.5) is 0 Å². The summed E-state index contributed by atoms with van der Waals surface area (Å²) in [5, 5.41) is 18.8. The predicted octanol–water partition coefficient (Wildman–Crippen LogP) is -1.56. The highest BCUT2D eigenvalue weighted by molar-refractivity contribution is 4.88. The summed E-state index contributed by atoms with van der Waals surface area (Å²) in [5.74, 6) is 0. The Morgan fingerprint density at radius 3 is 2.71 bits per heavy atom. The quantitative estimate of drug-likeness (QED) is 0.568. The van der Waals surface area contributed by atoms with Crippen LogP contribution in [0.15, 0.2) is 0 Å². The molecule has 2 rings (SSSR count). The molecule has 0 aliphatic carbocycles. The van der Waals surface area contributed by atoms with Gasteiger partial charge in [-0.05, 0) is 0 Å². The highest BCUT2D eigenvalue weighted by Crippen LogP contribution is 2.18. The minimum absolute atomic E-state index is 0.00472. The lowest BCUT2D eigenvalue weighted by molar-refractivity contribution is -0.0630. The second kappa shape index (κ2) is 4.55. The van der Waals surface area contributed by atoms with Gasteiger partial charge in [0.05, 0.1) is 51.2 Å². The van der Waals surface area contributed by atoms with Crippen molar-refractivity contribution in [3.63, 3.8) is 0 Å². The molecule has 3 unspecified atom stereocenters. The molecule has 2 fully saturated rings. The summed E-state index contributed by atoms with van der Waals surface area (Å²) < 4.78 is 10.5. The minimum Gasteiger partial charge on any atom is -0.395 e. The van der Waals surface area contributed by atoms with Gasteiger partial charge in [-0.1, -0.05) is 0 Å². The van der Waals surface area contributed by atoms with Crippen LogP contribution in [0.2, 0.25) is 0 Å². The van der Waals surface area contributed by atoms with E-state index < -0.39 is 6.10 Å². The summed E-state index contributed by atoms with van der Waals surface area (Å²) in [4.78, 5) is 2.10. The van der Waals surface area contributed by atoms with Gasteiger partial charge in [0, 0.05) is 6.54 Å². The number of morpholine rings is 1. The Kier molecular flexibility index (Phi) is 3.35. The average molecular weight is 203 g/mol. The lowest BCUT2D eigenvalue weighted by atomic mass is 10.1. The van der Waals surface area contributed by atoms with Crippen molar-refractivity contribution < 1.29 is 19.7 Å². The van der Waals surface area contributed by atoms with Gasteiger partial charge in [0.25, 0.3) is 0 Å². The Morgan fingerprint density at radius 2 is 2.07 bits per heavy atom. The van der Waals surface area contributed by atoms with E-state index in [9.17, 15) is 5.11 Å². The number of aliphatic hydroxyl groups excluding tert-OH is 2. The second-order valence-corrected chi connectivity index (χ2v) is 3.82. The zero-order valence-corrected chi connectivity index (χ0v) is 8.13. The van der Waals surface area contributed by atoms with Gasteiger partial charge >= 0.3 is 0 Å². The predicted molar refractivity (Wildman–Crippen MR) is 49.0 cm³/mol. The van der Waals surface area contributed by atoms with E-state index in [0.29, 0.717) is 26.4 Å². The largest absolute Gasteiger partial charge is 0.395 e. The smallest absolute Gasteiger partial charge is 0.0950 e. The normalized spacial score (nSPS) is 40.3. The first kappa shape index (κ1) is 10.3. The Morgan fingerprint density at radius 1 is 1.21 bits per heavy atom. The molecule has 0 saturated carbocycles. The molecule has 0 bridgehead atoms. The topological polar surface area (TPSA) is 62.2 Å². The lowest BCUT2D eigenvalue weighted by Crippen LogP contribution is -2.55. The molecule has 82 valence electrons. The summed E-state index contributed by atoms with van der Waals surface area (Å²) in [6, 6.07) is 0.0288. The third kappa shape index (κ3) is 1.92.